The zero-order valence-electron chi connectivity index (χ0n) is 4.16. The molecule has 4 heteroatoms. The van der Waals surface area contributed by atoms with Gasteiger partial charge in [-0.3, -0.25) is 0 Å². The molecule has 0 fully saturated rings. The van der Waals surface area contributed by atoms with E-state index >= 15 is 0 Å². The summed E-state index contributed by atoms with van der Waals surface area (Å²) in [5, 5.41) is 0. The second-order valence-corrected chi connectivity index (χ2v) is 2.29. The molecule has 0 atom stereocenters. The van der Waals surface area contributed by atoms with Gasteiger partial charge >= 0.3 is 17.1 Å². The molecule has 0 saturated heterocycles. The van der Waals surface area contributed by atoms with Gasteiger partial charge in [0, 0.05) is 14.1 Å². The first-order chi connectivity index (χ1) is 2.64. The monoisotopic (exact) mass is 177 g/mol. The molecule has 1 radical (unpaired) electrons. The Balaban J connectivity index is 0. The van der Waals surface area contributed by atoms with Crippen LogP contribution < -0.4 is 0 Å². The molecule has 0 spiro atoms. The van der Waals surface area contributed by atoms with E-state index in [0.29, 0.717) is 4.32 Å². The van der Waals surface area contributed by atoms with E-state index in [1.54, 1.807) is 4.90 Å². The van der Waals surface area contributed by atoms with Crippen LogP contribution in [0.5, 0.6) is 0 Å². The van der Waals surface area contributed by atoms with Crippen molar-refractivity contribution in [2.75, 3.05) is 14.1 Å². The van der Waals surface area contributed by atoms with Crippen LogP contribution >= 0.6 is 24.8 Å². The van der Waals surface area contributed by atoms with E-state index in [9.17, 15) is 0 Å². The summed E-state index contributed by atoms with van der Waals surface area (Å²) in [5.74, 6) is 0. The first-order valence-electron chi connectivity index (χ1n) is 1.55. The van der Waals surface area contributed by atoms with Gasteiger partial charge in [0.2, 0.25) is 0 Å². The first kappa shape index (κ1) is 10.7. The second kappa shape index (κ2) is 4.91. The number of rotatable bonds is 0. The van der Waals surface area contributed by atoms with Crippen molar-refractivity contribution in [3.63, 3.8) is 0 Å². The van der Waals surface area contributed by atoms with Crippen LogP contribution in [-0.2, 0) is 17.1 Å². The third-order valence-corrected chi connectivity index (χ3v) is 1.15. The van der Waals surface area contributed by atoms with Gasteiger partial charge in [-0.25, -0.2) is 0 Å². The summed E-state index contributed by atoms with van der Waals surface area (Å²) in [6, 6.07) is 0. The molecule has 0 unspecified atom stereocenters. The van der Waals surface area contributed by atoms with Crippen LogP contribution in [0.25, 0.3) is 0 Å². The number of thiol groups is 1. The van der Waals surface area contributed by atoms with E-state index in [1.807, 2.05) is 14.1 Å². The summed E-state index contributed by atoms with van der Waals surface area (Å²) < 4.78 is 0.620. The second-order valence-electron chi connectivity index (χ2n) is 1.18. The summed E-state index contributed by atoms with van der Waals surface area (Å²) in [6.07, 6.45) is 0. The van der Waals surface area contributed by atoms with Crippen molar-refractivity contribution >= 4 is 29.2 Å². The van der Waals surface area contributed by atoms with Gasteiger partial charge in [-0.05, 0) is 0 Å². The molecule has 0 amide bonds. The van der Waals surface area contributed by atoms with Gasteiger partial charge in [0.05, 0.1) is 0 Å². The minimum atomic E-state index is 0. The largest absolute Gasteiger partial charge is 3.00 e. The van der Waals surface area contributed by atoms with E-state index < -0.39 is 0 Å². The van der Waals surface area contributed by atoms with Crippen LogP contribution in [0.1, 0.15) is 0 Å². The summed E-state index contributed by atoms with van der Waals surface area (Å²) in [6.45, 7) is 0. The Labute approximate surface area is 65.3 Å². The molecule has 0 saturated carbocycles. The van der Waals surface area contributed by atoms with Crippen molar-refractivity contribution < 1.29 is 17.1 Å². The number of nitrogens with zero attached hydrogens (tertiary/aromatic N) is 1. The van der Waals surface area contributed by atoms with E-state index in [-0.39, 0.29) is 17.1 Å². The molecule has 1 nitrogen and oxygen atoms in total. The molecule has 7 heavy (non-hydrogen) atoms. The fourth-order valence-corrected chi connectivity index (χ4v) is 0. The Kier molecular flexibility index (Phi) is 7.49. The quantitative estimate of drug-likeness (QED) is 0.330. The average Bonchev–Trinajstić information content (AvgIpc) is 1.36. The van der Waals surface area contributed by atoms with Gasteiger partial charge in [0.25, 0.3) is 0 Å². The van der Waals surface area contributed by atoms with Gasteiger partial charge in [-0.15, -0.1) is 12.6 Å². The van der Waals surface area contributed by atoms with E-state index in [4.69, 9.17) is 0 Å². The Morgan fingerprint density at radius 2 is 1.71 bits per heavy atom. The zero-order chi connectivity index (χ0) is 5.15. The summed E-state index contributed by atoms with van der Waals surface area (Å²) in [5.41, 5.74) is 0. The maximum atomic E-state index is 4.61. The molecule has 0 aromatic carbocycles. The predicted molar refractivity (Wildman–Crippen MR) is 35.3 cm³/mol. The minimum Gasteiger partial charge on any atom is -0.364 e. The van der Waals surface area contributed by atoms with Gasteiger partial charge in [-0.1, -0.05) is 12.2 Å². The summed E-state index contributed by atoms with van der Waals surface area (Å²) in [4.78, 5) is 1.76. The average molecular weight is 177 g/mol. The topological polar surface area (TPSA) is 3.24 Å². The molecule has 0 bridgehead atoms. The Morgan fingerprint density at radius 1 is 1.57 bits per heavy atom. The Hall–Kier alpha value is 0.759. The SMILES string of the molecule is CN(C)C(=S)S.[Fe+3]. The van der Waals surface area contributed by atoms with Crippen LogP contribution in [0.3, 0.4) is 0 Å². The zero-order valence-corrected chi connectivity index (χ0v) is 6.97. The first-order valence-corrected chi connectivity index (χ1v) is 2.40. The molecule has 0 aliphatic rings. The van der Waals surface area contributed by atoms with Crippen LogP contribution in [-0.4, -0.2) is 23.3 Å². The van der Waals surface area contributed by atoms with Gasteiger partial charge in [0.15, 0.2) is 0 Å². The van der Waals surface area contributed by atoms with Crippen molar-refractivity contribution in [3.8, 4) is 0 Å². The standard InChI is InChI=1S/C3H7NS2.Fe/c1-4(2)3(5)6;/h1-2H3,(H,5,6);/q;+3. The van der Waals surface area contributed by atoms with Crippen LogP contribution in [0.15, 0.2) is 0 Å². The molecule has 0 aliphatic heterocycles. The summed E-state index contributed by atoms with van der Waals surface area (Å²) in [7, 11) is 3.71. The fraction of sp³-hybridized carbons (Fsp3) is 0.667. The number of hydrogen-bond acceptors (Lipinski definition) is 1. The molecule has 41 valence electrons. The Bertz CT molecular complexity index is 64.0. The molecular formula is C3H7FeNS2+3. The van der Waals surface area contributed by atoms with Gasteiger partial charge in [-0.2, -0.15) is 0 Å². The van der Waals surface area contributed by atoms with E-state index in [0.717, 1.165) is 0 Å². The molecule has 0 aromatic heterocycles. The van der Waals surface area contributed by atoms with E-state index in [1.165, 1.54) is 0 Å². The van der Waals surface area contributed by atoms with Crippen molar-refractivity contribution in [1.29, 1.82) is 0 Å². The predicted octanol–water partition coefficient (Wildman–Crippen LogP) is 0.760. The Morgan fingerprint density at radius 3 is 1.71 bits per heavy atom. The van der Waals surface area contributed by atoms with Crippen LogP contribution in [0.2, 0.25) is 0 Å². The summed E-state index contributed by atoms with van der Waals surface area (Å²) >= 11 is 8.46. The molecule has 0 aliphatic carbocycles. The normalized spacial score (nSPS) is 6.71. The smallest absolute Gasteiger partial charge is 0.364 e. The van der Waals surface area contributed by atoms with Crippen molar-refractivity contribution in [1.82, 2.24) is 4.90 Å². The molecular weight excluding hydrogens is 170 g/mol. The molecule has 0 N–H and O–H groups in total. The number of thiocarbonyl (C=S) groups is 1. The van der Waals surface area contributed by atoms with Crippen LogP contribution in [0, 0.1) is 0 Å². The van der Waals surface area contributed by atoms with E-state index in [2.05, 4.69) is 24.8 Å². The molecule has 0 heterocycles. The molecule has 0 aromatic rings. The molecule has 0 rings (SSSR count). The third-order valence-electron chi connectivity index (χ3n) is 0.383. The maximum absolute atomic E-state index is 4.61. The van der Waals surface area contributed by atoms with Crippen LogP contribution in [0.4, 0.5) is 0 Å². The van der Waals surface area contributed by atoms with Gasteiger partial charge < -0.3 is 4.90 Å². The minimum absolute atomic E-state index is 0. The van der Waals surface area contributed by atoms with Crippen molar-refractivity contribution in [2.45, 2.75) is 0 Å². The fourth-order valence-electron chi connectivity index (χ4n) is 0. The number of hydrogen-bond donors (Lipinski definition) is 1. The maximum Gasteiger partial charge on any atom is 3.00 e. The third kappa shape index (κ3) is 6.76. The van der Waals surface area contributed by atoms with Crippen molar-refractivity contribution in [3.05, 3.63) is 0 Å². The van der Waals surface area contributed by atoms with Crippen molar-refractivity contribution in [2.24, 2.45) is 0 Å². The van der Waals surface area contributed by atoms with Gasteiger partial charge in [0.1, 0.15) is 4.32 Å².